The van der Waals surface area contributed by atoms with E-state index >= 15 is 0 Å². The van der Waals surface area contributed by atoms with E-state index in [-0.39, 0.29) is 6.54 Å². The molecule has 1 rings (SSSR count). The maximum absolute atomic E-state index is 12.6. The molecule has 0 amide bonds. The van der Waals surface area contributed by atoms with Gasteiger partial charge in [0.25, 0.3) is 0 Å². The second-order valence-corrected chi connectivity index (χ2v) is 3.25. The Bertz CT molecular complexity index is 391. The summed E-state index contributed by atoms with van der Waals surface area (Å²) in [5, 5.41) is 3.26. The van der Waals surface area contributed by atoms with Crippen LogP contribution in [0, 0.1) is 11.6 Å². The third kappa shape index (κ3) is 8.82. The normalized spacial score (nSPS) is 8.56. The van der Waals surface area contributed by atoms with Gasteiger partial charge in [-0.2, -0.15) is 0 Å². The van der Waals surface area contributed by atoms with Crippen LogP contribution >= 0.6 is 0 Å². The summed E-state index contributed by atoms with van der Waals surface area (Å²) in [6, 6.07) is 3.24. The van der Waals surface area contributed by atoms with E-state index in [4.69, 9.17) is 28.7 Å². The third-order valence-electron chi connectivity index (χ3n) is 1.71. The quantitative estimate of drug-likeness (QED) is 0.323. The van der Waals surface area contributed by atoms with E-state index in [1.807, 2.05) is 0 Å². The number of azide groups is 1. The highest BCUT2D eigenvalue weighted by molar-refractivity contribution is 7.60. The molecular weight excluding hydrogens is 230 g/mol. The van der Waals surface area contributed by atoms with Gasteiger partial charge >= 0.3 is 0 Å². The maximum Gasteiger partial charge on any atom is 0.126 e. The molecule has 0 bridgehead atoms. The van der Waals surface area contributed by atoms with Crippen molar-refractivity contribution >= 4 is 36.7 Å². The van der Waals surface area contributed by atoms with Crippen molar-refractivity contribution in [2.24, 2.45) is 5.11 Å². The van der Waals surface area contributed by atoms with Gasteiger partial charge in [-0.25, -0.2) is 8.78 Å². The Morgan fingerprint density at radius 2 is 1.78 bits per heavy atom. The lowest BCUT2D eigenvalue weighted by Gasteiger charge is -1.98. The Morgan fingerprint density at radius 1 is 1.28 bits per heavy atom. The number of benzene rings is 1. The van der Waals surface area contributed by atoms with Crippen molar-refractivity contribution in [1.82, 2.24) is 0 Å². The van der Waals surface area contributed by atoms with Crippen molar-refractivity contribution in [3.05, 3.63) is 45.8 Å². The Balaban J connectivity index is 0.000000494. The smallest absolute Gasteiger partial charge is 0.126 e. The zero-order valence-electron chi connectivity index (χ0n) is 9.63. The summed E-state index contributed by atoms with van der Waals surface area (Å²) in [7, 11) is 15.8. The van der Waals surface area contributed by atoms with Gasteiger partial charge in [0.15, 0.2) is 0 Å². The number of hydrogen-bond acceptors (Lipinski definition) is 1. The molecule has 3 nitrogen and oxygen atoms in total. The Morgan fingerprint density at radius 3 is 2.17 bits per heavy atom. The predicted octanol–water partition coefficient (Wildman–Crippen LogP) is 0.914. The highest BCUT2D eigenvalue weighted by Crippen LogP contribution is 2.08. The second kappa shape index (κ2) is 9.71. The molecule has 0 fully saturated rings. The lowest BCUT2D eigenvalue weighted by Crippen LogP contribution is -2.23. The highest BCUT2D eigenvalue weighted by atomic mass is 19.1. The molecule has 10 heteroatoms. The molecule has 1 aromatic carbocycles. The number of rotatable bonds is 4. The van der Waals surface area contributed by atoms with E-state index < -0.39 is 18.0 Å². The molecule has 0 aliphatic carbocycles. The van der Waals surface area contributed by atoms with Crippen LogP contribution in [0.5, 0.6) is 0 Å². The van der Waals surface area contributed by atoms with E-state index in [2.05, 4.69) is 10.0 Å². The SMILES string of the molecule is [B][B]B([B])[B].[N-]=[N+]=NCCc1cc(F)cc(F)c1. The molecule has 83 valence electrons. The van der Waals surface area contributed by atoms with Crippen LogP contribution < -0.4 is 0 Å². The first-order valence-corrected chi connectivity index (χ1v) is 5.01. The average Bonchev–Trinajstić information content (AvgIpc) is 2.29. The van der Waals surface area contributed by atoms with Crippen molar-refractivity contribution in [1.29, 1.82) is 0 Å². The van der Waals surface area contributed by atoms with Gasteiger partial charge in [0.2, 0.25) is 0 Å². The Labute approximate surface area is 110 Å². The first-order chi connectivity index (χ1) is 8.49. The molecule has 0 N–H and O–H groups in total. The molecule has 1 aromatic rings. The van der Waals surface area contributed by atoms with E-state index in [1.165, 1.54) is 19.2 Å². The Kier molecular flexibility index (Phi) is 9.02. The molecule has 0 atom stereocenters. The molecule has 0 spiro atoms. The van der Waals surface area contributed by atoms with Gasteiger partial charge in [-0.05, 0) is 29.6 Å². The summed E-state index contributed by atoms with van der Waals surface area (Å²) in [6.45, 7) is 0.208. The van der Waals surface area contributed by atoms with Crippen molar-refractivity contribution < 1.29 is 8.78 Å². The van der Waals surface area contributed by atoms with Crippen molar-refractivity contribution in [3.8, 4) is 0 Å². The van der Waals surface area contributed by atoms with Gasteiger partial charge in [0, 0.05) is 54.2 Å². The van der Waals surface area contributed by atoms with Gasteiger partial charge in [0.1, 0.15) is 11.6 Å². The highest BCUT2D eigenvalue weighted by Gasteiger charge is 1.99. The Hall–Kier alpha value is -1.29. The van der Waals surface area contributed by atoms with Gasteiger partial charge in [-0.15, -0.1) is 0 Å². The summed E-state index contributed by atoms with van der Waals surface area (Å²) in [6.07, 6.45) is -0.117. The standard InChI is InChI=1S/C8H7F2N3.B5/c9-7-3-6(1-2-12-13-11)4-8(10)5-7;1-4-5(2)3/h3-5H,1-2H2;. The molecule has 0 saturated carbocycles. The molecular formula is C8H7B5F2N3. The molecule has 0 aliphatic heterocycles. The maximum atomic E-state index is 12.6. The van der Waals surface area contributed by atoms with Crippen molar-refractivity contribution in [3.63, 3.8) is 0 Å². The van der Waals surface area contributed by atoms with Crippen LogP contribution in [0.1, 0.15) is 5.56 Å². The minimum Gasteiger partial charge on any atom is -0.207 e. The van der Waals surface area contributed by atoms with Crippen LogP contribution in [-0.2, 0) is 6.42 Å². The summed E-state index contributed by atoms with van der Waals surface area (Å²) in [5.74, 6) is -1.23. The molecule has 0 aliphatic rings. The van der Waals surface area contributed by atoms with Crippen LogP contribution in [0.3, 0.4) is 0 Å². The summed E-state index contributed by atoms with van der Waals surface area (Å²) >= 11 is 0. The van der Waals surface area contributed by atoms with E-state index in [0.717, 1.165) is 6.07 Å². The molecule has 0 saturated heterocycles. The largest absolute Gasteiger partial charge is 0.207 e. The fraction of sp³-hybridized carbons (Fsp3) is 0.250. The summed E-state index contributed by atoms with van der Waals surface area (Å²) in [5.41, 5.74) is 8.45. The topological polar surface area (TPSA) is 48.8 Å². The molecule has 7 radical (unpaired) electrons. The summed E-state index contributed by atoms with van der Waals surface area (Å²) < 4.78 is 25.2. The zero-order chi connectivity index (χ0) is 14.0. The first kappa shape index (κ1) is 16.7. The van der Waals surface area contributed by atoms with Crippen LogP contribution in [0.2, 0.25) is 0 Å². The minimum absolute atomic E-state index is 0.208. The van der Waals surface area contributed by atoms with E-state index in [1.54, 1.807) is 0 Å². The van der Waals surface area contributed by atoms with Crippen molar-refractivity contribution in [2.75, 3.05) is 6.54 Å². The lowest BCUT2D eigenvalue weighted by atomic mass is 8.97. The fourth-order valence-corrected chi connectivity index (χ4v) is 0.979. The van der Waals surface area contributed by atoms with Gasteiger partial charge in [-0.1, -0.05) is 5.11 Å². The zero-order valence-corrected chi connectivity index (χ0v) is 9.63. The third-order valence-corrected chi connectivity index (χ3v) is 1.71. The lowest BCUT2D eigenvalue weighted by molar-refractivity contribution is 0.579. The molecule has 18 heavy (non-hydrogen) atoms. The van der Waals surface area contributed by atoms with Crippen LogP contribution in [-0.4, -0.2) is 43.2 Å². The molecule has 0 heterocycles. The minimum atomic E-state index is -0.615. The number of nitrogens with zero attached hydrogens (tertiary/aromatic N) is 3. The monoisotopic (exact) mass is 238 g/mol. The number of hydrogen-bond donors (Lipinski definition) is 0. The van der Waals surface area contributed by atoms with Gasteiger partial charge in [-0.3, -0.25) is 0 Å². The number of halogens is 2. The average molecular weight is 237 g/mol. The van der Waals surface area contributed by atoms with Gasteiger partial charge < -0.3 is 0 Å². The molecule has 0 unspecified atom stereocenters. The van der Waals surface area contributed by atoms with Crippen LogP contribution in [0.4, 0.5) is 8.78 Å². The van der Waals surface area contributed by atoms with Crippen LogP contribution in [0.25, 0.3) is 10.4 Å². The second-order valence-electron chi connectivity index (χ2n) is 3.25. The molecule has 0 aromatic heterocycles. The van der Waals surface area contributed by atoms with Crippen LogP contribution in [0.15, 0.2) is 23.3 Å². The fourth-order valence-electron chi connectivity index (χ4n) is 0.979. The summed E-state index contributed by atoms with van der Waals surface area (Å²) in [4.78, 5) is 2.53. The van der Waals surface area contributed by atoms with E-state index in [0.29, 0.717) is 12.0 Å². The van der Waals surface area contributed by atoms with Gasteiger partial charge in [0.05, 0.1) is 0 Å². The van der Waals surface area contributed by atoms with E-state index in [9.17, 15) is 8.78 Å². The first-order valence-electron chi connectivity index (χ1n) is 5.01. The van der Waals surface area contributed by atoms with Crippen molar-refractivity contribution in [2.45, 2.75) is 6.42 Å². The predicted molar refractivity (Wildman–Crippen MR) is 72.8 cm³/mol.